The van der Waals surface area contributed by atoms with E-state index in [1.54, 1.807) is 68.6 Å². The second kappa shape index (κ2) is 20.6. The number of benzene rings is 1. The summed E-state index contributed by atoms with van der Waals surface area (Å²) in [6.07, 6.45) is -0.855. The molecule has 0 saturated carbocycles. The molecule has 6 heterocycles. The van der Waals surface area contributed by atoms with Crippen LogP contribution in [0.15, 0.2) is 54.6 Å². The minimum absolute atomic E-state index is 0.0601. The number of nitrogens with one attached hydrogen (secondary N) is 2. The Bertz CT molecular complexity index is 2600. The molecule has 3 aromatic heterocycles. The number of halogens is 3. The molecule has 0 aliphatic carbocycles. The van der Waals surface area contributed by atoms with Crippen molar-refractivity contribution in [2.75, 3.05) is 47.4 Å². The molecule has 2 N–H and O–H groups in total. The molecule has 0 spiro atoms. The van der Waals surface area contributed by atoms with Gasteiger partial charge in [-0.05, 0) is 74.4 Å². The Morgan fingerprint density at radius 3 is 2.58 bits per heavy atom. The van der Waals surface area contributed by atoms with Gasteiger partial charge in [-0.25, -0.2) is 15.2 Å². The number of alkyl halides is 3. The lowest BCUT2D eigenvalue weighted by Gasteiger charge is -2.37. The Hall–Kier alpha value is -5.86. The number of carbonyl (C=O) groups is 5. The largest absolute Gasteiger partial charge is 0.464 e. The van der Waals surface area contributed by atoms with E-state index in [1.165, 1.54) is 50.9 Å². The van der Waals surface area contributed by atoms with Crippen LogP contribution in [-0.4, -0.2) is 142 Å². The molecule has 2 fully saturated rings. The highest BCUT2D eigenvalue weighted by molar-refractivity contribution is 7.10. The molecule has 2 saturated heterocycles. The van der Waals surface area contributed by atoms with Crippen molar-refractivity contribution in [1.29, 1.82) is 0 Å². The summed E-state index contributed by atoms with van der Waals surface area (Å²) < 4.78 is 56.9. The first-order valence-electron chi connectivity index (χ1n) is 23.2. The van der Waals surface area contributed by atoms with Crippen LogP contribution in [0.3, 0.4) is 0 Å². The van der Waals surface area contributed by atoms with Crippen LogP contribution in [0.1, 0.15) is 76.3 Å². The van der Waals surface area contributed by atoms with E-state index in [4.69, 9.17) is 14.5 Å². The number of amides is 5. The lowest BCUT2D eigenvalue weighted by Crippen LogP contribution is -2.62. The Balaban J connectivity index is 1.28. The Labute approximate surface area is 404 Å². The molecule has 6 bridgehead atoms. The van der Waals surface area contributed by atoms with Crippen molar-refractivity contribution >= 4 is 52.0 Å². The van der Waals surface area contributed by atoms with Crippen molar-refractivity contribution in [3.63, 3.8) is 0 Å². The second-order valence-corrected chi connectivity index (χ2v) is 20.3. The van der Waals surface area contributed by atoms with Gasteiger partial charge in [-0.1, -0.05) is 40.3 Å². The minimum atomic E-state index is -4.60. The number of nitrogens with zero attached hydrogens (tertiary/aromatic N) is 7. The third-order valence-electron chi connectivity index (χ3n) is 13.3. The van der Waals surface area contributed by atoms with Gasteiger partial charge in [0.1, 0.15) is 24.7 Å². The molecule has 16 nitrogen and oxygen atoms in total. The summed E-state index contributed by atoms with van der Waals surface area (Å²) in [6.45, 7) is 12.3. The Kier molecular flexibility index (Phi) is 15.2. The predicted molar refractivity (Wildman–Crippen MR) is 254 cm³/mol. The summed E-state index contributed by atoms with van der Waals surface area (Å²) in [5.41, 5.74) is 5.55. The van der Waals surface area contributed by atoms with Gasteiger partial charge < -0.3 is 34.1 Å². The maximum Gasteiger partial charge on any atom is 0.406 e. The minimum Gasteiger partial charge on any atom is -0.464 e. The average molecular weight is 978 g/mol. The van der Waals surface area contributed by atoms with Crippen molar-refractivity contribution < 1.29 is 46.6 Å². The summed E-state index contributed by atoms with van der Waals surface area (Å²) in [6, 6.07) is 4.76. The van der Waals surface area contributed by atoms with Crippen LogP contribution in [-0.2, 0) is 48.0 Å². The molecule has 1 unspecified atom stereocenters. The van der Waals surface area contributed by atoms with E-state index < -0.39 is 72.1 Å². The molecule has 3 aliphatic rings. The number of esters is 1. The highest BCUT2D eigenvalue weighted by atomic mass is 32.1. The van der Waals surface area contributed by atoms with E-state index in [2.05, 4.69) is 22.3 Å². The van der Waals surface area contributed by atoms with E-state index in [9.17, 15) is 37.1 Å². The van der Waals surface area contributed by atoms with Crippen LogP contribution in [0.25, 0.3) is 33.4 Å². The number of thiazole rings is 1. The van der Waals surface area contributed by atoms with Gasteiger partial charge in [-0.3, -0.25) is 29.2 Å². The van der Waals surface area contributed by atoms with Crippen molar-refractivity contribution in [2.24, 2.45) is 11.3 Å². The van der Waals surface area contributed by atoms with Gasteiger partial charge in [-0.15, -0.1) is 11.3 Å². The first-order valence-corrected chi connectivity index (χ1v) is 24.1. The molecule has 4 aromatic rings. The number of carbonyl (C=O) groups excluding carboxylic acids is 5. The number of hydrogen-bond acceptors (Lipinski definition) is 11. The smallest absolute Gasteiger partial charge is 0.406 e. The normalized spacial score (nSPS) is 20.8. The highest BCUT2D eigenvalue weighted by Gasteiger charge is 2.40. The predicted octanol–water partition coefficient (Wildman–Crippen LogP) is 6.54. The second-order valence-electron chi connectivity index (χ2n) is 19.4. The van der Waals surface area contributed by atoms with Crippen LogP contribution in [0.5, 0.6) is 0 Å². The molecular formula is C49H62F3N9O7S. The molecule has 69 heavy (non-hydrogen) atoms. The number of methoxy groups -OCH3 is 1. The summed E-state index contributed by atoms with van der Waals surface area (Å²) >= 11 is 1.26. The number of hydrogen-bond donors (Lipinski definition) is 2. The maximum atomic E-state index is 14.7. The molecular weight excluding hydrogens is 916 g/mol. The summed E-state index contributed by atoms with van der Waals surface area (Å²) in [4.78, 5) is 83.3. The number of cyclic esters (lactones) is 1. The third-order valence-corrected chi connectivity index (χ3v) is 14.2. The number of hydrazine groups is 1. The Morgan fingerprint density at radius 2 is 1.88 bits per heavy atom. The number of rotatable bonds is 10. The molecule has 3 aliphatic heterocycles. The van der Waals surface area contributed by atoms with Gasteiger partial charge in [0.15, 0.2) is 0 Å². The summed E-state index contributed by atoms with van der Waals surface area (Å²) in [7, 11) is 4.68. The first kappa shape index (κ1) is 51.0. The van der Waals surface area contributed by atoms with Crippen LogP contribution in [0.4, 0.5) is 18.0 Å². The third kappa shape index (κ3) is 11.1. The molecule has 372 valence electrons. The fraction of sp³-hybridized carbons (Fsp3) is 0.531. The van der Waals surface area contributed by atoms with Crippen LogP contribution in [0.2, 0.25) is 0 Å². The number of likely N-dealkylation sites (tertiary alicyclic amines) is 1. The zero-order valence-electron chi connectivity index (χ0n) is 40.4. The summed E-state index contributed by atoms with van der Waals surface area (Å²) in [5, 5.41) is 7.10. The van der Waals surface area contributed by atoms with Crippen LogP contribution >= 0.6 is 11.3 Å². The molecule has 7 rings (SSSR count). The van der Waals surface area contributed by atoms with Crippen molar-refractivity contribution in [3.8, 4) is 22.5 Å². The standard InChI is InChI=1S/C49H62F3N9O7S/c1-10-40(62)59-20-17-31(24-59)57(7)47(66)58(8)42(28(2)3)44(63)55-36-22-39-54-37(25-69-39)30-15-16-38-33(21-30)34(23-48(5,6)27-68-46(65)35-14-12-19-61(56-35)45(36)64)43(60(38)26-49(50,51)52)32-13-11-18-53-41(32)29(4)67-9/h10-11,13,15-16,18,21,25,28-29,31,35-36,42,56H,1,12,14,17,19-20,22-24,26-27H2,2-9H3,(H,55,63)/t29-,31+,35-,36-,42?/m0/s1. The molecule has 5 atom stereocenters. The average Bonchev–Trinajstić information content (AvgIpc) is 4.07. The number of urea groups is 1. The van der Waals surface area contributed by atoms with Gasteiger partial charge in [0.25, 0.3) is 5.91 Å². The first-order chi connectivity index (χ1) is 32.6. The van der Waals surface area contributed by atoms with Crippen molar-refractivity contribution in [2.45, 2.75) is 110 Å². The lowest BCUT2D eigenvalue weighted by molar-refractivity contribution is -0.155. The number of ether oxygens (including phenoxy) is 2. The monoisotopic (exact) mass is 977 g/mol. The quantitative estimate of drug-likeness (QED) is 0.131. The van der Waals surface area contributed by atoms with Crippen LogP contribution in [0, 0.1) is 11.3 Å². The maximum absolute atomic E-state index is 14.7. The van der Waals surface area contributed by atoms with E-state index in [-0.39, 0.29) is 37.9 Å². The van der Waals surface area contributed by atoms with Crippen LogP contribution < -0.4 is 10.7 Å². The van der Waals surface area contributed by atoms with Gasteiger partial charge in [0.2, 0.25) is 11.8 Å². The molecule has 5 amide bonds. The highest BCUT2D eigenvalue weighted by Crippen LogP contribution is 2.43. The van der Waals surface area contributed by atoms with E-state index in [0.717, 1.165) is 0 Å². The van der Waals surface area contributed by atoms with Gasteiger partial charge >= 0.3 is 18.2 Å². The number of likely N-dealkylation sites (N-methyl/N-ethyl adjacent to an activating group) is 2. The number of pyridine rings is 1. The van der Waals surface area contributed by atoms with Gasteiger partial charge in [0, 0.05) is 86.3 Å². The fourth-order valence-corrected chi connectivity index (χ4v) is 10.5. The molecule has 20 heteroatoms. The van der Waals surface area contributed by atoms with E-state index in [1.807, 2.05) is 19.9 Å². The zero-order valence-corrected chi connectivity index (χ0v) is 41.2. The lowest BCUT2D eigenvalue weighted by atomic mass is 9.84. The number of fused-ring (bicyclic) bond motifs is 6. The zero-order chi connectivity index (χ0) is 50.1. The Morgan fingerprint density at radius 1 is 1.13 bits per heavy atom. The van der Waals surface area contributed by atoms with Crippen molar-refractivity contribution in [3.05, 3.63) is 70.8 Å². The molecule has 0 radical (unpaired) electrons. The van der Waals surface area contributed by atoms with Gasteiger partial charge in [-0.2, -0.15) is 13.2 Å². The van der Waals surface area contributed by atoms with Crippen molar-refractivity contribution in [1.82, 2.24) is 45.0 Å². The SMILES string of the molecule is C=CC(=O)N1CC[C@@H](N(C)C(=O)N(C)C(C(=O)N[C@H]2Cc3nc(cs3)-c3ccc4c(c3)c(c(-c3cccnc3[C@H](C)OC)n4CC(F)(F)F)CC(C)(C)COC(=O)[C@@H]3CCCN(N3)C2=O)C(C)C)C1. The topological polar surface area (TPSA) is 172 Å². The molecule has 1 aromatic carbocycles. The van der Waals surface area contributed by atoms with E-state index >= 15 is 0 Å². The number of aromatic nitrogens is 3. The van der Waals surface area contributed by atoms with Gasteiger partial charge in [0.05, 0.1) is 40.8 Å². The van der Waals surface area contributed by atoms with E-state index in [0.29, 0.717) is 82.0 Å². The summed E-state index contributed by atoms with van der Waals surface area (Å²) in [5.74, 6) is -2.33. The fourth-order valence-electron chi connectivity index (χ4n) is 9.67.